The Balaban J connectivity index is 1.33. The Hall–Kier alpha value is -2.33. The van der Waals surface area contributed by atoms with Crippen LogP contribution in [0.4, 0.5) is 5.69 Å². The van der Waals surface area contributed by atoms with Crippen molar-refractivity contribution in [2.45, 2.75) is 70.6 Å². The maximum absolute atomic E-state index is 13.2. The lowest BCUT2D eigenvalue weighted by Crippen LogP contribution is -2.41. The van der Waals surface area contributed by atoms with Crippen molar-refractivity contribution in [2.24, 2.45) is 0 Å². The number of ether oxygens (including phenoxy) is 1. The van der Waals surface area contributed by atoms with Crippen molar-refractivity contribution in [1.82, 2.24) is 4.90 Å². The Morgan fingerprint density at radius 2 is 1.47 bits per heavy atom. The summed E-state index contributed by atoms with van der Waals surface area (Å²) >= 11 is 0. The number of likely N-dealkylation sites (tertiary alicyclic amines) is 1. The molecule has 0 bridgehead atoms. The highest BCUT2D eigenvalue weighted by Crippen LogP contribution is 2.38. The van der Waals surface area contributed by atoms with E-state index in [1.165, 1.54) is 32.2 Å². The Morgan fingerprint density at radius 1 is 0.833 bits per heavy atom. The molecule has 0 radical (unpaired) electrons. The molecule has 2 aliphatic heterocycles. The van der Waals surface area contributed by atoms with E-state index < -0.39 is 6.10 Å². The van der Waals surface area contributed by atoms with E-state index in [1.54, 1.807) is 0 Å². The Kier molecular flexibility index (Phi) is 6.73. The largest absolute Gasteiger partial charge is 0.474 e. The first-order valence-corrected chi connectivity index (χ1v) is 11.5. The highest BCUT2D eigenvalue weighted by molar-refractivity contribution is 6.00. The molecule has 3 atom stereocenters. The molecule has 4 rings (SSSR count). The number of nitrogens with zero attached hydrogens (tertiary/aromatic N) is 2. The number of fused-ring (bicyclic) bond motifs is 1. The van der Waals surface area contributed by atoms with Gasteiger partial charge in [0.25, 0.3) is 5.91 Å². The standard InChI is InChI=1S/C26H34N2O2/c1-20-16-17-21(2)27(20)18-10-3-4-11-19-28-23-14-8-9-15-24(23)30-25(26(28)29)22-12-6-5-7-13-22/h5-9,12-15,20-21,25H,3-4,10-11,16-19H2,1-2H3. The molecule has 4 heteroatoms. The van der Waals surface area contributed by atoms with Crippen LogP contribution in [0.3, 0.4) is 0 Å². The van der Waals surface area contributed by atoms with E-state index in [9.17, 15) is 4.79 Å². The van der Waals surface area contributed by atoms with Crippen LogP contribution in [0.2, 0.25) is 0 Å². The molecule has 3 unspecified atom stereocenters. The van der Waals surface area contributed by atoms with E-state index in [2.05, 4.69) is 18.7 Å². The third-order valence-corrected chi connectivity index (χ3v) is 6.68. The van der Waals surface area contributed by atoms with Crippen LogP contribution in [-0.4, -0.2) is 36.0 Å². The van der Waals surface area contributed by atoms with Gasteiger partial charge in [0, 0.05) is 24.2 Å². The number of amides is 1. The molecule has 0 spiro atoms. The minimum atomic E-state index is -0.556. The van der Waals surface area contributed by atoms with Crippen LogP contribution in [0.15, 0.2) is 54.6 Å². The van der Waals surface area contributed by atoms with Crippen molar-refractivity contribution in [1.29, 1.82) is 0 Å². The van der Waals surface area contributed by atoms with E-state index in [0.717, 1.165) is 48.5 Å². The zero-order valence-corrected chi connectivity index (χ0v) is 18.3. The molecule has 1 saturated heterocycles. The predicted octanol–water partition coefficient (Wildman–Crippen LogP) is 5.59. The fraction of sp³-hybridized carbons (Fsp3) is 0.500. The zero-order chi connectivity index (χ0) is 20.9. The van der Waals surface area contributed by atoms with E-state index in [-0.39, 0.29) is 5.91 Å². The second kappa shape index (κ2) is 9.65. The number of hydrogen-bond acceptors (Lipinski definition) is 3. The Bertz CT molecular complexity index is 828. The first kappa shape index (κ1) is 20.9. The molecule has 0 aromatic heterocycles. The molecule has 2 aliphatic rings. The van der Waals surface area contributed by atoms with Crippen LogP contribution < -0.4 is 9.64 Å². The predicted molar refractivity (Wildman–Crippen MR) is 122 cm³/mol. The van der Waals surface area contributed by atoms with Crippen LogP contribution in [0.5, 0.6) is 5.75 Å². The van der Waals surface area contributed by atoms with Crippen molar-refractivity contribution >= 4 is 11.6 Å². The number of carbonyl (C=O) groups excluding carboxylic acids is 1. The summed E-state index contributed by atoms with van der Waals surface area (Å²) in [4.78, 5) is 17.8. The van der Waals surface area contributed by atoms with E-state index in [4.69, 9.17) is 4.74 Å². The van der Waals surface area contributed by atoms with Crippen molar-refractivity contribution in [3.63, 3.8) is 0 Å². The van der Waals surface area contributed by atoms with Crippen LogP contribution in [0.25, 0.3) is 0 Å². The van der Waals surface area contributed by atoms with Crippen molar-refractivity contribution in [3.05, 3.63) is 60.2 Å². The first-order chi connectivity index (χ1) is 14.6. The summed E-state index contributed by atoms with van der Waals surface area (Å²) in [6.45, 7) is 6.67. The summed E-state index contributed by atoms with van der Waals surface area (Å²) in [6.07, 6.45) is 6.75. The van der Waals surface area contributed by atoms with Gasteiger partial charge in [-0.25, -0.2) is 0 Å². The van der Waals surface area contributed by atoms with Crippen molar-refractivity contribution in [3.8, 4) is 5.75 Å². The third kappa shape index (κ3) is 4.54. The van der Waals surface area contributed by atoms with E-state index >= 15 is 0 Å². The highest BCUT2D eigenvalue weighted by atomic mass is 16.5. The highest BCUT2D eigenvalue weighted by Gasteiger charge is 2.35. The lowest BCUT2D eigenvalue weighted by molar-refractivity contribution is -0.126. The minimum Gasteiger partial charge on any atom is -0.474 e. The summed E-state index contributed by atoms with van der Waals surface area (Å²) in [6, 6.07) is 19.2. The molecule has 1 fully saturated rings. The summed E-state index contributed by atoms with van der Waals surface area (Å²) < 4.78 is 6.09. The molecule has 1 amide bonds. The average molecular weight is 407 g/mol. The maximum Gasteiger partial charge on any atom is 0.272 e. The van der Waals surface area contributed by atoms with Gasteiger partial charge in [-0.15, -0.1) is 0 Å². The molecule has 0 saturated carbocycles. The molecule has 2 heterocycles. The van der Waals surface area contributed by atoms with Gasteiger partial charge in [0.05, 0.1) is 5.69 Å². The van der Waals surface area contributed by atoms with Gasteiger partial charge in [-0.05, 0) is 58.2 Å². The number of rotatable bonds is 8. The number of hydrogen-bond donors (Lipinski definition) is 0. The topological polar surface area (TPSA) is 32.8 Å². The number of carbonyl (C=O) groups is 1. The molecular formula is C26H34N2O2. The van der Waals surface area contributed by atoms with E-state index in [1.807, 2.05) is 59.5 Å². The monoisotopic (exact) mass is 406 g/mol. The Morgan fingerprint density at radius 3 is 2.20 bits per heavy atom. The number of para-hydroxylation sites is 2. The van der Waals surface area contributed by atoms with Gasteiger partial charge in [0.1, 0.15) is 5.75 Å². The number of benzene rings is 2. The molecular weight excluding hydrogens is 372 g/mol. The number of unbranched alkanes of at least 4 members (excludes halogenated alkanes) is 3. The lowest BCUT2D eigenvalue weighted by Gasteiger charge is -2.34. The minimum absolute atomic E-state index is 0.0413. The van der Waals surface area contributed by atoms with Crippen molar-refractivity contribution < 1.29 is 9.53 Å². The second-order valence-electron chi connectivity index (χ2n) is 8.79. The molecule has 0 N–H and O–H groups in total. The molecule has 2 aromatic carbocycles. The summed E-state index contributed by atoms with van der Waals surface area (Å²) in [5.41, 5.74) is 1.81. The Labute approximate surface area is 180 Å². The zero-order valence-electron chi connectivity index (χ0n) is 18.3. The lowest BCUT2D eigenvalue weighted by atomic mass is 10.0. The van der Waals surface area contributed by atoms with Gasteiger partial charge in [-0.2, -0.15) is 0 Å². The van der Waals surface area contributed by atoms with Gasteiger partial charge < -0.3 is 9.64 Å². The third-order valence-electron chi connectivity index (χ3n) is 6.68. The van der Waals surface area contributed by atoms with Crippen LogP contribution in [0.1, 0.15) is 64.0 Å². The second-order valence-corrected chi connectivity index (χ2v) is 8.79. The summed E-state index contributed by atoms with van der Waals surface area (Å²) in [5, 5.41) is 0. The summed E-state index contributed by atoms with van der Waals surface area (Å²) in [7, 11) is 0. The fourth-order valence-corrected chi connectivity index (χ4v) is 4.89. The van der Waals surface area contributed by atoms with Gasteiger partial charge in [0.2, 0.25) is 6.10 Å². The first-order valence-electron chi connectivity index (χ1n) is 11.5. The van der Waals surface area contributed by atoms with Gasteiger partial charge in [-0.1, -0.05) is 55.3 Å². The molecule has 2 aromatic rings. The maximum atomic E-state index is 13.2. The molecule has 4 nitrogen and oxygen atoms in total. The quantitative estimate of drug-likeness (QED) is 0.536. The molecule has 0 aliphatic carbocycles. The average Bonchev–Trinajstić information content (AvgIpc) is 3.09. The normalized spacial score (nSPS) is 24.0. The van der Waals surface area contributed by atoms with Gasteiger partial charge >= 0.3 is 0 Å². The summed E-state index contributed by atoms with van der Waals surface area (Å²) in [5.74, 6) is 0.836. The van der Waals surface area contributed by atoms with Gasteiger partial charge in [0.15, 0.2) is 0 Å². The van der Waals surface area contributed by atoms with Crippen molar-refractivity contribution in [2.75, 3.05) is 18.0 Å². The van der Waals surface area contributed by atoms with Gasteiger partial charge in [-0.3, -0.25) is 9.69 Å². The van der Waals surface area contributed by atoms with Crippen LogP contribution in [-0.2, 0) is 4.79 Å². The van der Waals surface area contributed by atoms with E-state index in [0.29, 0.717) is 0 Å². The molecule has 160 valence electrons. The van der Waals surface area contributed by atoms with Crippen LogP contribution >= 0.6 is 0 Å². The number of anilines is 1. The fourth-order valence-electron chi connectivity index (χ4n) is 4.89. The SMILES string of the molecule is CC1CCC(C)N1CCCCCCN1C(=O)C(c2ccccc2)Oc2ccccc21. The smallest absolute Gasteiger partial charge is 0.272 e. The molecule has 30 heavy (non-hydrogen) atoms. The van der Waals surface area contributed by atoms with Crippen LogP contribution in [0, 0.1) is 0 Å².